The molecule has 0 radical (unpaired) electrons. The number of carbonyl (C=O) groups excluding carboxylic acids is 2. The topological polar surface area (TPSA) is 107 Å². The normalized spacial score (nSPS) is 13.4. The van der Waals surface area contributed by atoms with Crippen molar-refractivity contribution in [3.05, 3.63) is 40.4 Å². The third kappa shape index (κ3) is 5.13. The number of aromatic amines is 1. The largest absolute Gasteiger partial charge is 0.338 e. The van der Waals surface area contributed by atoms with Crippen LogP contribution in [0, 0.1) is 0 Å². The number of aromatic nitrogens is 2. The van der Waals surface area contributed by atoms with Crippen molar-refractivity contribution in [3.63, 3.8) is 0 Å². The fourth-order valence-corrected chi connectivity index (χ4v) is 2.86. The van der Waals surface area contributed by atoms with E-state index in [2.05, 4.69) is 20.6 Å². The molecule has 0 spiro atoms. The fraction of sp³-hybridized carbons (Fsp3) is 0.474. The van der Waals surface area contributed by atoms with E-state index in [1.54, 1.807) is 32.0 Å². The van der Waals surface area contributed by atoms with Crippen LogP contribution in [0.5, 0.6) is 0 Å². The Hall–Kier alpha value is -2.74. The first kappa shape index (κ1) is 20.6. The molecule has 0 aliphatic rings. The zero-order valence-corrected chi connectivity index (χ0v) is 16.2. The van der Waals surface area contributed by atoms with Crippen molar-refractivity contribution in [3.8, 4) is 0 Å². The maximum atomic E-state index is 12.5. The number of nitrogens with zero attached hydrogens (tertiary/aromatic N) is 2. The van der Waals surface area contributed by atoms with E-state index in [0.717, 1.165) is 6.42 Å². The highest BCUT2D eigenvalue weighted by Gasteiger charge is 2.27. The molecule has 2 aromatic rings. The predicted octanol–water partition coefficient (Wildman–Crippen LogP) is 1.76. The van der Waals surface area contributed by atoms with Crippen LogP contribution in [0.15, 0.2) is 29.1 Å². The maximum Gasteiger partial charge on any atom is 0.321 e. The molecule has 0 aliphatic carbocycles. The number of nitrogens with one attached hydrogen (secondary N) is 3. The van der Waals surface area contributed by atoms with E-state index in [1.165, 1.54) is 0 Å². The van der Waals surface area contributed by atoms with Crippen molar-refractivity contribution < 1.29 is 9.59 Å². The number of hydrogen-bond acceptors (Lipinski definition) is 5. The van der Waals surface area contributed by atoms with E-state index in [4.69, 9.17) is 0 Å². The summed E-state index contributed by atoms with van der Waals surface area (Å²) in [5.41, 5.74) is 0.402. The lowest BCUT2D eigenvalue weighted by Crippen LogP contribution is -2.51. The van der Waals surface area contributed by atoms with Gasteiger partial charge in [-0.05, 0) is 39.3 Å². The third-order valence-corrected chi connectivity index (χ3v) is 4.60. The number of imide groups is 1. The van der Waals surface area contributed by atoms with E-state index in [1.807, 2.05) is 24.8 Å². The number of para-hydroxylation sites is 1. The van der Waals surface area contributed by atoms with Crippen LogP contribution in [-0.2, 0) is 11.3 Å². The van der Waals surface area contributed by atoms with E-state index in [0.29, 0.717) is 29.8 Å². The lowest BCUT2D eigenvalue weighted by Gasteiger charge is -2.32. The maximum absolute atomic E-state index is 12.5. The molecule has 0 saturated carbocycles. The van der Waals surface area contributed by atoms with Gasteiger partial charge in [0.25, 0.3) is 5.56 Å². The molecule has 3 amide bonds. The van der Waals surface area contributed by atoms with Crippen LogP contribution in [-0.4, -0.2) is 45.4 Å². The number of amides is 3. The zero-order chi connectivity index (χ0) is 20.0. The lowest BCUT2D eigenvalue weighted by molar-refractivity contribution is -0.125. The summed E-state index contributed by atoms with van der Waals surface area (Å²) in [6, 6.07) is 6.09. The van der Waals surface area contributed by atoms with E-state index >= 15 is 0 Å². The van der Waals surface area contributed by atoms with Gasteiger partial charge in [0, 0.05) is 12.6 Å². The molecule has 0 aliphatic heterocycles. The summed E-state index contributed by atoms with van der Waals surface area (Å²) < 4.78 is 0. The number of hydrogen-bond donors (Lipinski definition) is 3. The molecule has 2 rings (SSSR count). The summed E-state index contributed by atoms with van der Waals surface area (Å²) >= 11 is 0. The van der Waals surface area contributed by atoms with Gasteiger partial charge in [-0.1, -0.05) is 19.1 Å². The molecule has 1 aromatic carbocycles. The van der Waals surface area contributed by atoms with Crippen LogP contribution >= 0.6 is 0 Å². The number of carbonyl (C=O) groups is 2. The number of rotatable bonds is 7. The first-order valence-electron chi connectivity index (χ1n) is 9.19. The highest BCUT2D eigenvalue weighted by molar-refractivity contribution is 5.96. The Morgan fingerprint density at radius 1 is 1.22 bits per heavy atom. The monoisotopic (exact) mass is 373 g/mol. The molecule has 3 N–H and O–H groups in total. The van der Waals surface area contributed by atoms with Gasteiger partial charge in [-0.2, -0.15) is 0 Å². The summed E-state index contributed by atoms with van der Waals surface area (Å²) in [7, 11) is 0. The average molecular weight is 373 g/mol. The second kappa shape index (κ2) is 9.27. The molecular weight excluding hydrogens is 346 g/mol. The van der Waals surface area contributed by atoms with Crippen LogP contribution in [0.1, 0.15) is 39.9 Å². The number of benzene rings is 1. The molecule has 2 unspecified atom stereocenters. The van der Waals surface area contributed by atoms with Crippen LogP contribution < -0.4 is 16.2 Å². The quantitative estimate of drug-likeness (QED) is 0.685. The molecule has 0 fully saturated rings. The Labute approximate surface area is 158 Å². The van der Waals surface area contributed by atoms with Gasteiger partial charge in [-0.25, -0.2) is 9.78 Å². The van der Waals surface area contributed by atoms with Gasteiger partial charge in [0.2, 0.25) is 5.91 Å². The van der Waals surface area contributed by atoms with Gasteiger partial charge in [0.15, 0.2) is 0 Å². The predicted molar refractivity (Wildman–Crippen MR) is 104 cm³/mol. The Bertz CT molecular complexity index is 864. The number of fused-ring (bicyclic) bond motifs is 1. The van der Waals surface area contributed by atoms with E-state index in [9.17, 15) is 14.4 Å². The first-order valence-corrected chi connectivity index (χ1v) is 9.19. The molecule has 2 atom stereocenters. The Kier molecular flexibility index (Phi) is 7.06. The minimum Gasteiger partial charge on any atom is -0.338 e. The van der Waals surface area contributed by atoms with Crippen molar-refractivity contribution in [2.45, 2.75) is 52.7 Å². The van der Waals surface area contributed by atoms with E-state index in [-0.39, 0.29) is 11.6 Å². The summed E-state index contributed by atoms with van der Waals surface area (Å²) in [4.78, 5) is 45.6. The van der Waals surface area contributed by atoms with Gasteiger partial charge in [-0.3, -0.25) is 19.8 Å². The van der Waals surface area contributed by atoms with Gasteiger partial charge in [-0.15, -0.1) is 0 Å². The fourth-order valence-electron chi connectivity index (χ4n) is 2.86. The van der Waals surface area contributed by atoms with Gasteiger partial charge in [0.05, 0.1) is 23.5 Å². The highest BCUT2D eigenvalue weighted by atomic mass is 16.2. The standard InChI is InChI=1S/C19H27N5O3/c1-5-12(3)24(13(4)17(25)23-19(27)20-6-2)11-16-21-15-10-8-7-9-14(15)18(26)22-16/h7-10,12-13H,5-6,11H2,1-4H3,(H,21,22,26)(H2,20,23,25,27). The second-order valence-corrected chi connectivity index (χ2v) is 6.48. The summed E-state index contributed by atoms with van der Waals surface area (Å²) in [6.45, 7) is 8.25. The van der Waals surface area contributed by atoms with Crippen molar-refractivity contribution in [1.82, 2.24) is 25.5 Å². The zero-order valence-electron chi connectivity index (χ0n) is 16.2. The molecular formula is C19H27N5O3. The van der Waals surface area contributed by atoms with Gasteiger partial charge >= 0.3 is 6.03 Å². The van der Waals surface area contributed by atoms with Crippen molar-refractivity contribution in [1.29, 1.82) is 0 Å². The minimum atomic E-state index is -0.570. The number of urea groups is 1. The SMILES string of the molecule is CCNC(=O)NC(=O)C(C)N(Cc1nc2ccccc2c(=O)[nH]1)C(C)CC. The lowest BCUT2D eigenvalue weighted by atomic mass is 10.1. The number of H-pyrrole nitrogens is 1. The van der Waals surface area contributed by atoms with Crippen LogP contribution in [0.3, 0.4) is 0 Å². The highest BCUT2D eigenvalue weighted by Crippen LogP contribution is 2.14. The molecule has 1 aromatic heterocycles. The smallest absolute Gasteiger partial charge is 0.321 e. The summed E-state index contributed by atoms with van der Waals surface area (Å²) in [5, 5.41) is 5.41. The molecule has 0 bridgehead atoms. The third-order valence-electron chi connectivity index (χ3n) is 4.60. The van der Waals surface area contributed by atoms with Crippen LogP contribution in [0.2, 0.25) is 0 Å². The van der Waals surface area contributed by atoms with Crippen LogP contribution in [0.4, 0.5) is 4.79 Å². The van der Waals surface area contributed by atoms with Gasteiger partial charge < -0.3 is 10.3 Å². The first-order chi connectivity index (χ1) is 12.9. The molecule has 146 valence electrons. The Morgan fingerprint density at radius 2 is 1.93 bits per heavy atom. The van der Waals surface area contributed by atoms with Crippen molar-refractivity contribution >= 4 is 22.8 Å². The second-order valence-electron chi connectivity index (χ2n) is 6.48. The van der Waals surface area contributed by atoms with Crippen molar-refractivity contribution in [2.24, 2.45) is 0 Å². The minimum absolute atomic E-state index is 0.0526. The molecule has 0 saturated heterocycles. The van der Waals surface area contributed by atoms with Crippen LogP contribution in [0.25, 0.3) is 10.9 Å². The molecule has 27 heavy (non-hydrogen) atoms. The van der Waals surface area contributed by atoms with Gasteiger partial charge in [0.1, 0.15) is 5.82 Å². The van der Waals surface area contributed by atoms with Crippen molar-refractivity contribution in [2.75, 3.05) is 6.54 Å². The van der Waals surface area contributed by atoms with E-state index < -0.39 is 18.0 Å². The molecule has 8 nitrogen and oxygen atoms in total. The Morgan fingerprint density at radius 3 is 2.59 bits per heavy atom. The molecule has 8 heteroatoms. The summed E-state index contributed by atoms with van der Waals surface area (Å²) in [5.74, 6) is 0.0843. The molecule has 1 heterocycles. The average Bonchev–Trinajstić information content (AvgIpc) is 2.65. The Balaban J connectivity index is 2.25. The summed E-state index contributed by atoms with van der Waals surface area (Å²) in [6.07, 6.45) is 0.802.